The number of hydrogen-bond acceptors (Lipinski definition) is 4. The molecule has 0 fully saturated rings. The summed E-state index contributed by atoms with van der Waals surface area (Å²) < 4.78 is 10.4. The number of fused-ring (bicyclic) bond motifs is 1. The lowest BCUT2D eigenvalue weighted by atomic mass is 10.2. The van der Waals surface area contributed by atoms with Gasteiger partial charge in [-0.3, -0.25) is 4.79 Å². The fraction of sp³-hybridized carbons (Fsp3) is 0.333. The minimum atomic E-state index is -0.0922. The van der Waals surface area contributed by atoms with Gasteiger partial charge in [0.15, 0.2) is 11.5 Å². The van der Waals surface area contributed by atoms with Gasteiger partial charge in [-0.15, -0.1) is 0 Å². The molecule has 1 heterocycles. The molecule has 0 unspecified atom stereocenters. The Hall–Kier alpha value is -2.22. The van der Waals surface area contributed by atoms with Crippen molar-refractivity contribution >= 4 is 11.6 Å². The largest absolute Gasteiger partial charge is 0.454 e. The fourth-order valence-corrected chi connectivity index (χ4v) is 1.57. The third-order valence-corrected chi connectivity index (χ3v) is 2.57. The third kappa shape index (κ3) is 2.31. The van der Waals surface area contributed by atoms with E-state index in [0.717, 1.165) is 5.69 Å². The quantitative estimate of drug-likeness (QED) is 0.795. The molecular formula is C12H12N2O3. The van der Waals surface area contributed by atoms with Gasteiger partial charge >= 0.3 is 0 Å². The Kier molecular flexibility index (Phi) is 3.15. The van der Waals surface area contributed by atoms with Crippen molar-refractivity contribution in [2.45, 2.75) is 12.8 Å². The molecule has 0 spiro atoms. The lowest BCUT2D eigenvalue weighted by Crippen LogP contribution is -2.25. The number of benzene rings is 1. The van der Waals surface area contributed by atoms with E-state index in [0.29, 0.717) is 11.5 Å². The first-order valence-corrected chi connectivity index (χ1v) is 5.25. The number of anilines is 1. The number of carbonyl (C=O) groups is 1. The number of nitrogens with zero attached hydrogens (tertiary/aromatic N) is 2. The summed E-state index contributed by atoms with van der Waals surface area (Å²) in [5, 5.41) is 8.44. The fourth-order valence-electron chi connectivity index (χ4n) is 1.57. The van der Waals surface area contributed by atoms with Gasteiger partial charge in [0.1, 0.15) is 0 Å². The van der Waals surface area contributed by atoms with Crippen LogP contribution in [0.25, 0.3) is 0 Å². The van der Waals surface area contributed by atoms with Crippen LogP contribution in [0.4, 0.5) is 5.69 Å². The summed E-state index contributed by atoms with van der Waals surface area (Å²) in [6.45, 7) is 0.213. The zero-order valence-corrected chi connectivity index (χ0v) is 9.47. The molecule has 0 aliphatic carbocycles. The maximum atomic E-state index is 11.7. The Balaban J connectivity index is 2.12. The van der Waals surface area contributed by atoms with E-state index in [4.69, 9.17) is 14.7 Å². The highest BCUT2D eigenvalue weighted by molar-refractivity contribution is 5.93. The maximum Gasteiger partial charge on any atom is 0.231 e. The molecule has 0 bridgehead atoms. The molecular weight excluding hydrogens is 220 g/mol. The first kappa shape index (κ1) is 11.3. The SMILES string of the molecule is CN(C(=O)CCC#N)c1ccc2c(c1)OCO2. The van der Waals surface area contributed by atoms with Crippen molar-refractivity contribution in [1.29, 1.82) is 5.26 Å². The summed E-state index contributed by atoms with van der Waals surface area (Å²) in [6, 6.07) is 7.27. The van der Waals surface area contributed by atoms with Crippen LogP contribution in [0, 0.1) is 11.3 Å². The van der Waals surface area contributed by atoms with Crippen molar-refractivity contribution < 1.29 is 14.3 Å². The average Bonchev–Trinajstić information content (AvgIpc) is 2.81. The number of rotatable bonds is 3. The highest BCUT2D eigenvalue weighted by Crippen LogP contribution is 2.35. The molecule has 5 heteroatoms. The Morgan fingerprint density at radius 3 is 3.00 bits per heavy atom. The monoisotopic (exact) mass is 232 g/mol. The normalized spacial score (nSPS) is 12.0. The summed E-state index contributed by atoms with van der Waals surface area (Å²) in [5.41, 5.74) is 0.734. The van der Waals surface area contributed by atoms with E-state index in [2.05, 4.69) is 0 Å². The minimum absolute atomic E-state index is 0.0922. The average molecular weight is 232 g/mol. The van der Waals surface area contributed by atoms with Crippen LogP contribution in [0.1, 0.15) is 12.8 Å². The van der Waals surface area contributed by atoms with E-state index in [1.807, 2.05) is 6.07 Å². The molecule has 17 heavy (non-hydrogen) atoms. The summed E-state index contributed by atoms with van der Waals surface area (Å²) in [7, 11) is 1.68. The predicted molar refractivity (Wildman–Crippen MR) is 60.8 cm³/mol. The molecule has 0 aromatic heterocycles. The second kappa shape index (κ2) is 4.74. The molecule has 1 aromatic carbocycles. The Morgan fingerprint density at radius 2 is 2.24 bits per heavy atom. The van der Waals surface area contributed by atoms with Gasteiger partial charge in [-0.2, -0.15) is 5.26 Å². The van der Waals surface area contributed by atoms with E-state index in [9.17, 15) is 4.79 Å². The third-order valence-electron chi connectivity index (χ3n) is 2.57. The first-order chi connectivity index (χ1) is 8.22. The molecule has 0 saturated carbocycles. The summed E-state index contributed by atoms with van der Waals surface area (Å²) >= 11 is 0. The van der Waals surface area contributed by atoms with Crippen LogP contribution in [0.3, 0.4) is 0 Å². The number of hydrogen-bond donors (Lipinski definition) is 0. The Bertz CT molecular complexity index is 479. The van der Waals surface area contributed by atoms with Crippen LogP contribution in [-0.4, -0.2) is 19.7 Å². The summed E-state index contributed by atoms with van der Waals surface area (Å²) in [6.07, 6.45) is 0.454. The standard InChI is InChI=1S/C12H12N2O3/c1-14(12(15)3-2-6-13)9-4-5-10-11(7-9)17-8-16-10/h4-5,7H,2-3,8H2,1H3. The molecule has 1 aromatic rings. The van der Waals surface area contributed by atoms with Gasteiger partial charge in [-0.1, -0.05) is 0 Å². The van der Waals surface area contributed by atoms with Crippen LogP contribution < -0.4 is 14.4 Å². The Labute approximate surface area is 99.2 Å². The number of ether oxygens (including phenoxy) is 2. The van der Waals surface area contributed by atoms with Gasteiger partial charge in [-0.05, 0) is 12.1 Å². The molecule has 0 atom stereocenters. The highest BCUT2D eigenvalue weighted by atomic mass is 16.7. The molecule has 5 nitrogen and oxygen atoms in total. The lowest BCUT2D eigenvalue weighted by Gasteiger charge is -2.16. The van der Waals surface area contributed by atoms with E-state index in [1.54, 1.807) is 25.2 Å². The van der Waals surface area contributed by atoms with Gasteiger partial charge in [0.25, 0.3) is 0 Å². The van der Waals surface area contributed by atoms with Crippen molar-refractivity contribution in [3.8, 4) is 17.6 Å². The van der Waals surface area contributed by atoms with Crippen LogP contribution >= 0.6 is 0 Å². The molecule has 88 valence electrons. The van der Waals surface area contributed by atoms with Gasteiger partial charge in [0.05, 0.1) is 6.07 Å². The summed E-state index contributed by atoms with van der Waals surface area (Å²) in [4.78, 5) is 13.2. The molecule has 0 N–H and O–H groups in total. The van der Waals surface area contributed by atoms with Gasteiger partial charge in [-0.25, -0.2) is 0 Å². The molecule has 0 saturated heterocycles. The van der Waals surface area contributed by atoms with Crippen LogP contribution in [0.15, 0.2) is 18.2 Å². The molecule has 1 aliphatic heterocycles. The van der Waals surface area contributed by atoms with E-state index >= 15 is 0 Å². The predicted octanol–water partition coefficient (Wildman–Crippen LogP) is 1.68. The van der Waals surface area contributed by atoms with Gasteiger partial charge in [0.2, 0.25) is 12.7 Å². The van der Waals surface area contributed by atoms with Crippen molar-refractivity contribution in [2.24, 2.45) is 0 Å². The molecule has 1 aliphatic rings. The molecule has 2 rings (SSSR count). The smallest absolute Gasteiger partial charge is 0.231 e. The Morgan fingerprint density at radius 1 is 1.47 bits per heavy atom. The maximum absolute atomic E-state index is 11.7. The second-order valence-corrected chi connectivity index (χ2v) is 3.65. The van der Waals surface area contributed by atoms with Crippen molar-refractivity contribution in [2.75, 3.05) is 18.7 Å². The van der Waals surface area contributed by atoms with Crippen molar-refractivity contribution in [3.05, 3.63) is 18.2 Å². The zero-order chi connectivity index (χ0) is 12.3. The topological polar surface area (TPSA) is 62.6 Å². The van der Waals surface area contributed by atoms with Gasteiger partial charge < -0.3 is 14.4 Å². The van der Waals surface area contributed by atoms with Crippen LogP contribution in [0.2, 0.25) is 0 Å². The van der Waals surface area contributed by atoms with Crippen molar-refractivity contribution in [1.82, 2.24) is 0 Å². The number of nitriles is 1. The number of carbonyl (C=O) groups excluding carboxylic acids is 1. The summed E-state index contributed by atoms with van der Waals surface area (Å²) in [5.74, 6) is 1.24. The van der Waals surface area contributed by atoms with Crippen molar-refractivity contribution in [3.63, 3.8) is 0 Å². The lowest BCUT2D eigenvalue weighted by molar-refractivity contribution is -0.118. The van der Waals surface area contributed by atoms with E-state index in [1.165, 1.54) is 4.90 Å². The number of amides is 1. The molecule has 1 amide bonds. The van der Waals surface area contributed by atoms with Crippen LogP contribution in [0.5, 0.6) is 11.5 Å². The highest BCUT2D eigenvalue weighted by Gasteiger charge is 2.17. The van der Waals surface area contributed by atoms with E-state index in [-0.39, 0.29) is 25.5 Å². The minimum Gasteiger partial charge on any atom is -0.454 e. The first-order valence-electron chi connectivity index (χ1n) is 5.25. The van der Waals surface area contributed by atoms with Gasteiger partial charge in [0, 0.05) is 31.6 Å². The van der Waals surface area contributed by atoms with E-state index < -0.39 is 0 Å². The molecule has 0 radical (unpaired) electrons. The van der Waals surface area contributed by atoms with Crippen LogP contribution in [-0.2, 0) is 4.79 Å². The second-order valence-electron chi connectivity index (χ2n) is 3.65. The zero-order valence-electron chi connectivity index (χ0n) is 9.47.